The highest BCUT2D eigenvalue weighted by Crippen LogP contribution is 2.52. The number of carbonyl (C=O) groups excluding carboxylic acids is 1. The molecule has 0 spiro atoms. The number of ketones is 1. The first kappa shape index (κ1) is 8.96. The van der Waals surface area contributed by atoms with Gasteiger partial charge in [0.2, 0.25) is 0 Å². The van der Waals surface area contributed by atoms with E-state index in [4.69, 9.17) is 0 Å². The number of Topliss-reactive ketones (excluding diaryl/α,β-unsaturated/α-hetero) is 1. The lowest BCUT2D eigenvalue weighted by molar-refractivity contribution is -0.121. The van der Waals surface area contributed by atoms with Crippen molar-refractivity contribution in [3.8, 4) is 0 Å². The summed E-state index contributed by atoms with van der Waals surface area (Å²) in [5.74, 6) is 0.436. The summed E-state index contributed by atoms with van der Waals surface area (Å²) in [7, 11) is 0. The summed E-state index contributed by atoms with van der Waals surface area (Å²) in [5, 5.41) is 3.19. The van der Waals surface area contributed by atoms with Gasteiger partial charge in [-0.25, -0.2) is 0 Å². The molecule has 1 heterocycles. The fourth-order valence-electron chi connectivity index (χ4n) is 2.35. The van der Waals surface area contributed by atoms with Gasteiger partial charge in [0.15, 0.2) is 0 Å². The SMILES string of the molecule is CCCC(=O)C1(c2ccc3c(c2)N3)CC1. The summed E-state index contributed by atoms with van der Waals surface area (Å²) in [6.07, 6.45) is 3.78. The van der Waals surface area contributed by atoms with Gasteiger partial charge in [-0.2, -0.15) is 0 Å². The molecule has 2 aliphatic rings. The Hall–Kier alpha value is -1.31. The lowest BCUT2D eigenvalue weighted by atomic mass is 9.89. The summed E-state index contributed by atoms with van der Waals surface area (Å²) in [5.41, 5.74) is 3.56. The average Bonchev–Trinajstić information content (AvgIpc) is 3.12. The first-order valence-corrected chi connectivity index (χ1v) is 5.71. The quantitative estimate of drug-likeness (QED) is 0.772. The van der Waals surface area contributed by atoms with Crippen LogP contribution in [0, 0.1) is 0 Å². The minimum absolute atomic E-state index is 0.102. The molecular weight excluding hydrogens is 186 g/mol. The van der Waals surface area contributed by atoms with E-state index in [1.54, 1.807) is 0 Å². The number of rotatable bonds is 4. The predicted octanol–water partition coefficient (Wildman–Crippen LogP) is 3.14. The predicted molar refractivity (Wildman–Crippen MR) is 60.6 cm³/mol. The Balaban J connectivity index is 1.90. The molecule has 0 radical (unpaired) electrons. The van der Waals surface area contributed by atoms with Crippen LogP contribution in [0.25, 0.3) is 0 Å². The number of hydrogen-bond acceptors (Lipinski definition) is 2. The number of nitrogens with one attached hydrogen (secondary N) is 1. The van der Waals surface area contributed by atoms with Crippen molar-refractivity contribution in [3.63, 3.8) is 0 Å². The molecule has 0 aromatic heterocycles. The van der Waals surface area contributed by atoms with Gasteiger partial charge >= 0.3 is 0 Å². The Morgan fingerprint density at radius 3 is 2.80 bits per heavy atom. The highest BCUT2D eigenvalue weighted by atomic mass is 16.1. The Morgan fingerprint density at radius 2 is 2.20 bits per heavy atom. The van der Waals surface area contributed by atoms with E-state index in [0.717, 1.165) is 25.7 Å². The van der Waals surface area contributed by atoms with Crippen molar-refractivity contribution in [3.05, 3.63) is 23.8 Å². The Labute approximate surface area is 89.7 Å². The van der Waals surface area contributed by atoms with Gasteiger partial charge in [0.05, 0.1) is 16.8 Å². The van der Waals surface area contributed by atoms with E-state index in [-0.39, 0.29) is 5.41 Å². The molecule has 0 bridgehead atoms. The van der Waals surface area contributed by atoms with Gasteiger partial charge in [-0.15, -0.1) is 0 Å². The van der Waals surface area contributed by atoms with Crippen LogP contribution in [0.5, 0.6) is 0 Å². The summed E-state index contributed by atoms with van der Waals surface area (Å²) in [6, 6.07) is 6.35. The molecule has 1 aromatic rings. The van der Waals surface area contributed by atoms with Gasteiger partial charge in [-0.1, -0.05) is 13.0 Å². The van der Waals surface area contributed by atoms with E-state index in [2.05, 4.69) is 30.4 Å². The minimum atomic E-state index is -0.102. The minimum Gasteiger partial charge on any atom is -0.352 e. The van der Waals surface area contributed by atoms with E-state index in [1.807, 2.05) is 0 Å². The second kappa shape index (κ2) is 2.84. The van der Waals surface area contributed by atoms with Crippen LogP contribution < -0.4 is 5.32 Å². The van der Waals surface area contributed by atoms with E-state index in [9.17, 15) is 4.79 Å². The van der Waals surface area contributed by atoms with Crippen LogP contribution in [0.1, 0.15) is 38.2 Å². The monoisotopic (exact) mass is 201 g/mol. The van der Waals surface area contributed by atoms with Gasteiger partial charge in [-0.05, 0) is 37.0 Å². The lowest BCUT2D eigenvalue weighted by Crippen LogP contribution is -2.19. The maximum Gasteiger partial charge on any atom is 0.143 e. The van der Waals surface area contributed by atoms with Crippen LogP contribution in [0.2, 0.25) is 0 Å². The first-order valence-electron chi connectivity index (χ1n) is 5.71. The number of fused-ring (bicyclic) bond motifs is 1. The van der Waals surface area contributed by atoms with Crippen LogP contribution in [0.3, 0.4) is 0 Å². The van der Waals surface area contributed by atoms with E-state index in [0.29, 0.717) is 5.78 Å². The first-order chi connectivity index (χ1) is 7.26. The Kier molecular flexibility index (Phi) is 1.70. The number of hydrogen-bond donors (Lipinski definition) is 1. The second-order valence-corrected chi connectivity index (χ2v) is 4.64. The molecule has 78 valence electrons. The molecule has 3 rings (SSSR count). The standard InChI is InChI=1S/C13H15NO/c1-2-3-12(15)13(6-7-13)9-4-5-10-11(8-9)14-10/h4-5,8,14H,2-3,6-7H2,1H3. The largest absolute Gasteiger partial charge is 0.352 e. The van der Waals surface area contributed by atoms with E-state index >= 15 is 0 Å². The van der Waals surface area contributed by atoms with Crippen molar-refractivity contribution in [1.82, 2.24) is 0 Å². The summed E-state index contributed by atoms with van der Waals surface area (Å²) < 4.78 is 0. The summed E-state index contributed by atoms with van der Waals surface area (Å²) >= 11 is 0. The fraction of sp³-hybridized carbons (Fsp3) is 0.462. The van der Waals surface area contributed by atoms with Gasteiger partial charge < -0.3 is 5.32 Å². The smallest absolute Gasteiger partial charge is 0.143 e. The third-order valence-electron chi connectivity index (χ3n) is 3.54. The van der Waals surface area contributed by atoms with Gasteiger partial charge in [-0.3, -0.25) is 4.79 Å². The van der Waals surface area contributed by atoms with Crippen LogP contribution >= 0.6 is 0 Å². The third-order valence-corrected chi connectivity index (χ3v) is 3.54. The zero-order valence-corrected chi connectivity index (χ0v) is 8.97. The van der Waals surface area contributed by atoms with Crippen LogP contribution in [-0.4, -0.2) is 5.78 Å². The van der Waals surface area contributed by atoms with E-state index in [1.165, 1.54) is 16.9 Å². The highest BCUT2D eigenvalue weighted by Gasteiger charge is 2.50. The topological polar surface area (TPSA) is 39.0 Å². The molecule has 2 nitrogen and oxygen atoms in total. The molecule has 0 amide bonds. The molecule has 1 saturated carbocycles. The number of benzene rings is 1. The van der Waals surface area contributed by atoms with Gasteiger partial charge in [0, 0.05) is 6.42 Å². The van der Waals surface area contributed by atoms with E-state index < -0.39 is 0 Å². The molecule has 0 saturated heterocycles. The molecule has 2 heteroatoms. The van der Waals surface area contributed by atoms with Crippen molar-refractivity contribution < 1.29 is 4.79 Å². The molecule has 0 atom stereocenters. The molecule has 0 unspecified atom stereocenters. The zero-order chi connectivity index (χ0) is 10.5. The van der Waals surface area contributed by atoms with Crippen LogP contribution in [0.4, 0.5) is 11.4 Å². The summed E-state index contributed by atoms with van der Waals surface area (Å²) in [6.45, 7) is 2.07. The van der Waals surface area contributed by atoms with Crippen molar-refractivity contribution in [2.24, 2.45) is 0 Å². The molecular formula is C13H15NO. The Morgan fingerprint density at radius 1 is 1.40 bits per heavy atom. The molecule has 1 fully saturated rings. The lowest BCUT2D eigenvalue weighted by Gasteiger charge is -2.12. The number of carbonyl (C=O) groups is 1. The molecule has 15 heavy (non-hydrogen) atoms. The second-order valence-electron chi connectivity index (χ2n) is 4.64. The fourth-order valence-corrected chi connectivity index (χ4v) is 2.35. The molecule has 1 aliphatic heterocycles. The number of anilines is 2. The average molecular weight is 201 g/mol. The van der Waals surface area contributed by atoms with Crippen molar-refractivity contribution in [2.75, 3.05) is 5.32 Å². The van der Waals surface area contributed by atoms with Gasteiger partial charge in [0.1, 0.15) is 5.78 Å². The maximum atomic E-state index is 12.0. The van der Waals surface area contributed by atoms with Crippen molar-refractivity contribution >= 4 is 17.2 Å². The third kappa shape index (κ3) is 1.28. The molecule has 1 N–H and O–H groups in total. The van der Waals surface area contributed by atoms with Gasteiger partial charge in [0.25, 0.3) is 0 Å². The Bertz CT molecular complexity index is 432. The summed E-state index contributed by atoms with van der Waals surface area (Å²) in [4.78, 5) is 12.0. The highest BCUT2D eigenvalue weighted by molar-refractivity contribution is 5.96. The normalized spacial score (nSPS) is 19.0. The van der Waals surface area contributed by atoms with Crippen molar-refractivity contribution in [2.45, 2.75) is 38.0 Å². The van der Waals surface area contributed by atoms with Crippen LogP contribution in [-0.2, 0) is 10.2 Å². The van der Waals surface area contributed by atoms with Crippen LogP contribution in [0.15, 0.2) is 18.2 Å². The molecule has 1 aliphatic carbocycles. The molecule has 1 aromatic carbocycles. The zero-order valence-electron chi connectivity index (χ0n) is 8.97. The van der Waals surface area contributed by atoms with Crippen molar-refractivity contribution in [1.29, 1.82) is 0 Å². The maximum absolute atomic E-state index is 12.0.